The third kappa shape index (κ3) is 3.84. The highest BCUT2D eigenvalue weighted by Crippen LogP contribution is 2.21. The Morgan fingerprint density at radius 1 is 1.00 bits per heavy atom. The predicted molar refractivity (Wildman–Crippen MR) is 102 cm³/mol. The minimum Gasteiger partial charge on any atom is -0.325 e. The van der Waals surface area contributed by atoms with Crippen molar-refractivity contribution in [3.8, 4) is 11.3 Å². The van der Waals surface area contributed by atoms with Crippen molar-refractivity contribution < 1.29 is 13.6 Å². The summed E-state index contributed by atoms with van der Waals surface area (Å²) in [5.74, 6) is -2.36. The molecule has 2 aromatic heterocycles. The van der Waals surface area contributed by atoms with Gasteiger partial charge in [-0.25, -0.2) is 8.78 Å². The van der Waals surface area contributed by atoms with E-state index in [2.05, 4.69) is 20.6 Å². The molecule has 6 nitrogen and oxygen atoms in total. The van der Waals surface area contributed by atoms with Crippen LogP contribution in [0.5, 0.6) is 0 Å². The van der Waals surface area contributed by atoms with Gasteiger partial charge < -0.3 is 5.32 Å². The summed E-state index contributed by atoms with van der Waals surface area (Å²) in [5.41, 5.74) is 2.44. The van der Waals surface area contributed by atoms with E-state index in [0.717, 1.165) is 35.2 Å². The van der Waals surface area contributed by atoms with E-state index in [9.17, 15) is 13.6 Å². The average Bonchev–Trinajstić information content (AvgIpc) is 3.12. The van der Waals surface area contributed by atoms with Gasteiger partial charge in [-0.2, -0.15) is 9.61 Å². The van der Waals surface area contributed by atoms with Crippen LogP contribution in [0.4, 0.5) is 14.5 Å². The molecule has 28 heavy (non-hydrogen) atoms. The van der Waals surface area contributed by atoms with Gasteiger partial charge in [0, 0.05) is 17.3 Å². The number of hydrogen-bond donors (Lipinski definition) is 1. The van der Waals surface area contributed by atoms with E-state index < -0.39 is 11.6 Å². The Hall–Kier alpha value is -3.33. The van der Waals surface area contributed by atoms with Crippen molar-refractivity contribution in [1.82, 2.24) is 19.8 Å². The monoisotopic (exact) mass is 397 g/mol. The number of fused-ring (bicyclic) bond motifs is 1. The summed E-state index contributed by atoms with van der Waals surface area (Å²) in [4.78, 5) is 12.1. The van der Waals surface area contributed by atoms with Crippen LogP contribution in [0.2, 0.25) is 0 Å². The van der Waals surface area contributed by atoms with Gasteiger partial charge >= 0.3 is 0 Å². The number of carbonyl (C=O) groups is 1. The normalized spacial score (nSPS) is 10.9. The summed E-state index contributed by atoms with van der Waals surface area (Å²) in [6.45, 7) is 0. The standard InChI is InChI=1S/C19H13F2N5OS/c20-14-7-6-13(10-15(14)21)22-18(27)11-28-19-24-23-17-9-8-16(25-26(17)19)12-4-2-1-3-5-12/h1-10H,11H2,(H,22,27). The fourth-order valence-corrected chi connectivity index (χ4v) is 3.21. The maximum absolute atomic E-state index is 13.2. The fraction of sp³-hybridized carbons (Fsp3) is 0.0526. The van der Waals surface area contributed by atoms with Gasteiger partial charge in [-0.3, -0.25) is 4.79 Å². The molecule has 4 rings (SSSR count). The van der Waals surface area contributed by atoms with Crippen LogP contribution in [-0.4, -0.2) is 31.5 Å². The number of aromatic nitrogens is 4. The number of nitrogens with one attached hydrogen (secondary N) is 1. The minimum atomic E-state index is -1.02. The molecule has 0 spiro atoms. The molecule has 0 aliphatic carbocycles. The molecule has 140 valence electrons. The second-order valence-electron chi connectivity index (χ2n) is 5.80. The summed E-state index contributed by atoms with van der Waals surface area (Å²) >= 11 is 1.14. The third-order valence-electron chi connectivity index (χ3n) is 3.84. The lowest BCUT2D eigenvalue weighted by Gasteiger charge is -2.05. The van der Waals surface area contributed by atoms with Gasteiger partial charge in [-0.15, -0.1) is 10.2 Å². The van der Waals surface area contributed by atoms with Crippen LogP contribution in [0.1, 0.15) is 0 Å². The average molecular weight is 397 g/mol. The van der Waals surface area contributed by atoms with Crippen molar-refractivity contribution in [3.05, 3.63) is 72.3 Å². The largest absolute Gasteiger partial charge is 0.325 e. The van der Waals surface area contributed by atoms with Crippen molar-refractivity contribution in [2.24, 2.45) is 0 Å². The molecule has 0 aliphatic rings. The highest BCUT2D eigenvalue weighted by Gasteiger charge is 2.12. The molecule has 2 aromatic carbocycles. The third-order valence-corrected chi connectivity index (χ3v) is 4.76. The topological polar surface area (TPSA) is 72.2 Å². The number of nitrogens with zero attached hydrogens (tertiary/aromatic N) is 4. The van der Waals surface area contributed by atoms with E-state index >= 15 is 0 Å². The number of carbonyl (C=O) groups excluding carboxylic acids is 1. The Morgan fingerprint density at radius 3 is 2.61 bits per heavy atom. The zero-order chi connectivity index (χ0) is 19.5. The summed E-state index contributed by atoms with van der Waals surface area (Å²) < 4.78 is 27.8. The van der Waals surface area contributed by atoms with E-state index in [0.29, 0.717) is 10.8 Å². The lowest BCUT2D eigenvalue weighted by molar-refractivity contribution is -0.113. The molecule has 0 unspecified atom stereocenters. The zero-order valence-electron chi connectivity index (χ0n) is 14.3. The molecule has 9 heteroatoms. The maximum Gasteiger partial charge on any atom is 0.234 e. The van der Waals surface area contributed by atoms with Crippen molar-refractivity contribution in [2.45, 2.75) is 5.16 Å². The molecule has 0 aliphatic heterocycles. The Kier molecular flexibility index (Phi) is 4.98. The number of rotatable bonds is 5. The number of benzene rings is 2. The molecule has 1 amide bonds. The lowest BCUT2D eigenvalue weighted by Crippen LogP contribution is -2.14. The van der Waals surface area contributed by atoms with Crippen LogP contribution in [0.25, 0.3) is 16.9 Å². The van der Waals surface area contributed by atoms with Crippen molar-refractivity contribution in [3.63, 3.8) is 0 Å². The quantitative estimate of drug-likeness (QED) is 0.519. The highest BCUT2D eigenvalue weighted by molar-refractivity contribution is 7.99. The first-order valence-corrected chi connectivity index (χ1v) is 9.24. The van der Waals surface area contributed by atoms with Crippen LogP contribution < -0.4 is 5.32 Å². The van der Waals surface area contributed by atoms with Crippen LogP contribution in [0.15, 0.2) is 65.8 Å². The van der Waals surface area contributed by atoms with Gasteiger partial charge in [0.1, 0.15) is 0 Å². The summed E-state index contributed by atoms with van der Waals surface area (Å²) in [7, 11) is 0. The van der Waals surface area contributed by atoms with Crippen LogP contribution >= 0.6 is 11.8 Å². The summed E-state index contributed by atoms with van der Waals surface area (Å²) in [5, 5.41) is 15.6. The van der Waals surface area contributed by atoms with E-state index in [4.69, 9.17) is 0 Å². The second kappa shape index (κ2) is 7.73. The fourth-order valence-electron chi connectivity index (χ4n) is 2.52. The smallest absolute Gasteiger partial charge is 0.234 e. The molecular weight excluding hydrogens is 384 g/mol. The molecule has 0 bridgehead atoms. The van der Waals surface area contributed by atoms with Crippen molar-refractivity contribution in [1.29, 1.82) is 0 Å². The van der Waals surface area contributed by atoms with Gasteiger partial charge in [-0.05, 0) is 24.3 Å². The number of halogens is 2. The SMILES string of the molecule is O=C(CSc1nnc2ccc(-c3ccccc3)nn12)Nc1ccc(F)c(F)c1. The number of amides is 1. The van der Waals surface area contributed by atoms with Crippen LogP contribution in [-0.2, 0) is 4.79 Å². The molecule has 0 saturated heterocycles. The molecule has 0 saturated carbocycles. The summed E-state index contributed by atoms with van der Waals surface area (Å²) in [6.07, 6.45) is 0. The van der Waals surface area contributed by atoms with Crippen molar-refractivity contribution in [2.75, 3.05) is 11.1 Å². The Morgan fingerprint density at radius 2 is 1.82 bits per heavy atom. The van der Waals surface area contributed by atoms with Gasteiger partial charge in [0.05, 0.1) is 11.4 Å². The Balaban J connectivity index is 1.48. The summed E-state index contributed by atoms with van der Waals surface area (Å²) in [6, 6.07) is 16.5. The predicted octanol–water partition coefficient (Wildman–Crippen LogP) is 3.80. The molecule has 1 N–H and O–H groups in total. The molecular formula is C19H13F2N5OS. The number of thioether (sulfide) groups is 1. The Labute approximate surface area is 162 Å². The van der Waals surface area contributed by atoms with Gasteiger partial charge in [0.15, 0.2) is 17.3 Å². The van der Waals surface area contributed by atoms with Gasteiger partial charge in [-0.1, -0.05) is 42.1 Å². The Bertz CT molecular complexity index is 1150. The number of hydrogen-bond acceptors (Lipinski definition) is 5. The number of anilines is 1. The minimum absolute atomic E-state index is 0.0109. The molecule has 0 atom stereocenters. The molecule has 4 aromatic rings. The van der Waals surface area contributed by atoms with Crippen LogP contribution in [0, 0.1) is 11.6 Å². The van der Waals surface area contributed by atoms with E-state index in [-0.39, 0.29) is 17.3 Å². The van der Waals surface area contributed by atoms with Crippen molar-refractivity contribution >= 4 is 29.0 Å². The molecule has 0 fully saturated rings. The molecule has 0 radical (unpaired) electrons. The highest BCUT2D eigenvalue weighted by atomic mass is 32.2. The zero-order valence-corrected chi connectivity index (χ0v) is 15.2. The van der Waals surface area contributed by atoms with E-state index in [1.807, 2.05) is 36.4 Å². The molecule has 2 heterocycles. The maximum atomic E-state index is 13.2. The first-order valence-electron chi connectivity index (χ1n) is 8.26. The first kappa shape index (κ1) is 18.1. The van der Waals surface area contributed by atoms with Gasteiger partial charge in [0.25, 0.3) is 0 Å². The van der Waals surface area contributed by atoms with E-state index in [1.54, 1.807) is 10.6 Å². The lowest BCUT2D eigenvalue weighted by atomic mass is 10.1. The van der Waals surface area contributed by atoms with Crippen LogP contribution in [0.3, 0.4) is 0 Å². The van der Waals surface area contributed by atoms with E-state index in [1.165, 1.54) is 6.07 Å². The first-order chi connectivity index (χ1) is 13.6. The van der Waals surface area contributed by atoms with Gasteiger partial charge in [0.2, 0.25) is 11.1 Å². The second-order valence-corrected chi connectivity index (χ2v) is 6.75.